The van der Waals surface area contributed by atoms with Gasteiger partial charge in [-0.2, -0.15) is 13.1 Å². The molecular formula is C11H23N3O5S. The van der Waals surface area contributed by atoms with Crippen LogP contribution < -0.4 is 14.8 Å². The van der Waals surface area contributed by atoms with Crippen molar-refractivity contribution < 1.29 is 22.7 Å². The molecule has 20 heavy (non-hydrogen) atoms. The molecule has 0 spiro atoms. The molecule has 0 radical (unpaired) electrons. The normalized spacial score (nSPS) is 16.9. The SMILES string of the molecule is CCOC(=O)NS(=O)(=O)NCCCOC1CCNCC1. The summed E-state index contributed by atoms with van der Waals surface area (Å²) in [6.45, 7) is 4.33. The van der Waals surface area contributed by atoms with Crippen molar-refractivity contribution in [1.29, 1.82) is 0 Å². The van der Waals surface area contributed by atoms with Gasteiger partial charge in [-0.25, -0.2) is 9.52 Å². The fourth-order valence-corrected chi connectivity index (χ4v) is 2.56. The summed E-state index contributed by atoms with van der Waals surface area (Å²) < 4.78 is 36.9. The summed E-state index contributed by atoms with van der Waals surface area (Å²) in [7, 11) is -3.85. The maximum absolute atomic E-state index is 11.4. The third-order valence-corrected chi connectivity index (χ3v) is 3.77. The largest absolute Gasteiger partial charge is 0.449 e. The van der Waals surface area contributed by atoms with Crippen LogP contribution in [-0.4, -0.2) is 53.5 Å². The predicted molar refractivity (Wildman–Crippen MR) is 73.5 cm³/mol. The van der Waals surface area contributed by atoms with Crippen LogP contribution in [0.15, 0.2) is 0 Å². The molecule has 0 bridgehead atoms. The highest BCUT2D eigenvalue weighted by atomic mass is 32.2. The van der Waals surface area contributed by atoms with Crippen molar-refractivity contribution in [2.45, 2.75) is 32.3 Å². The first-order chi connectivity index (χ1) is 9.53. The van der Waals surface area contributed by atoms with E-state index in [4.69, 9.17) is 4.74 Å². The van der Waals surface area contributed by atoms with Gasteiger partial charge in [-0.05, 0) is 39.3 Å². The van der Waals surface area contributed by atoms with Crippen LogP contribution in [0.3, 0.4) is 0 Å². The van der Waals surface area contributed by atoms with Crippen molar-refractivity contribution >= 4 is 16.3 Å². The van der Waals surface area contributed by atoms with E-state index in [-0.39, 0.29) is 19.3 Å². The van der Waals surface area contributed by atoms with Crippen molar-refractivity contribution in [3.05, 3.63) is 0 Å². The predicted octanol–water partition coefficient (Wildman–Crippen LogP) is -0.274. The fraction of sp³-hybridized carbons (Fsp3) is 0.909. The standard InChI is InChI=1S/C11H23N3O5S/c1-2-18-11(15)14-20(16,17)13-6-3-9-19-10-4-7-12-8-5-10/h10,12-13H,2-9H2,1H3,(H,14,15). The Balaban J connectivity index is 2.08. The molecule has 0 aromatic carbocycles. The highest BCUT2D eigenvalue weighted by molar-refractivity contribution is 7.88. The number of hydrogen-bond acceptors (Lipinski definition) is 6. The molecule has 1 heterocycles. The van der Waals surface area contributed by atoms with Crippen LogP contribution >= 0.6 is 0 Å². The monoisotopic (exact) mass is 309 g/mol. The average molecular weight is 309 g/mol. The Kier molecular flexibility index (Phi) is 7.82. The molecular weight excluding hydrogens is 286 g/mol. The van der Waals surface area contributed by atoms with Gasteiger partial charge in [0.25, 0.3) is 0 Å². The average Bonchev–Trinajstić information content (AvgIpc) is 2.39. The first-order valence-electron chi connectivity index (χ1n) is 6.80. The molecule has 0 aromatic heterocycles. The number of ether oxygens (including phenoxy) is 2. The molecule has 1 saturated heterocycles. The van der Waals surface area contributed by atoms with Crippen molar-refractivity contribution in [3.63, 3.8) is 0 Å². The maximum Gasteiger partial charge on any atom is 0.421 e. The summed E-state index contributed by atoms with van der Waals surface area (Å²) in [5.41, 5.74) is 0. The van der Waals surface area contributed by atoms with E-state index in [9.17, 15) is 13.2 Å². The minimum atomic E-state index is -3.85. The quantitative estimate of drug-likeness (QED) is 0.533. The molecule has 0 aromatic rings. The smallest absolute Gasteiger partial charge is 0.421 e. The molecule has 8 nitrogen and oxygen atoms in total. The van der Waals surface area contributed by atoms with Crippen molar-refractivity contribution in [3.8, 4) is 0 Å². The van der Waals surface area contributed by atoms with Gasteiger partial charge in [0.05, 0.1) is 12.7 Å². The number of hydrogen-bond donors (Lipinski definition) is 3. The molecule has 9 heteroatoms. The fourth-order valence-electron chi connectivity index (χ4n) is 1.80. The molecule has 118 valence electrons. The Labute approximate surface area is 119 Å². The second-order valence-corrected chi connectivity index (χ2v) is 5.89. The zero-order valence-electron chi connectivity index (χ0n) is 11.7. The lowest BCUT2D eigenvalue weighted by atomic mass is 10.1. The second kappa shape index (κ2) is 9.11. The topological polar surface area (TPSA) is 106 Å². The van der Waals surface area contributed by atoms with Gasteiger partial charge in [-0.1, -0.05) is 0 Å². The zero-order valence-corrected chi connectivity index (χ0v) is 12.5. The van der Waals surface area contributed by atoms with E-state index in [0.717, 1.165) is 25.9 Å². The van der Waals surface area contributed by atoms with E-state index in [0.29, 0.717) is 13.0 Å². The minimum absolute atomic E-state index is 0.117. The lowest BCUT2D eigenvalue weighted by molar-refractivity contribution is 0.0322. The summed E-state index contributed by atoms with van der Waals surface area (Å²) in [6.07, 6.45) is 1.79. The van der Waals surface area contributed by atoms with Gasteiger partial charge in [0.15, 0.2) is 0 Å². The summed E-state index contributed by atoms with van der Waals surface area (Å²) in [5.74, 6) is 0. The number of piperidine rings is 1. The third kappa shape index (κ3) is 7.63. The van der Waals surface area contributed by atoms with Crippen molar-refractivity contribution in [1.82, 2.24) is 14.8 Å². The van der Waals surface area contributed by atoms with E-state index in [2.05, 4.69) is 14.8 Å². The van der Waals surface area contributed by atoms with Gasteiger partial charge < -0.3 is 14.8 Å². The second-order valence-electron chi connectivity index (χ2n) is 4.39. The number of carbonyl (C=O) groups excluding carboxylic acids is 1. The molecule has 3 N–H and O–H groups in total. The van der Waals surface area contributed by atoms with Gasteiger partial charge in [0, 0.05) is 13.2 Å². The Hall–Kier alpha value is -0.900. The van der Waals surface area contributed by atoms with Crippen LogP contribution in [-0.2, 0) is 19.7 Å². The number of rotatable bonds is 8. The summed E-state index contributed by atoms with van der Waals surface area (Å²) in [6, 6.07) is 0. The highest BCUT2D eigenvalue weighted by Gasteiger charge is 2.15. The van der Waals surface area contributed by atoms with Gasteiger partial charge in [0.2, 0.25) is 0 Å². The third-order valence-electron chi connectivity index (χ3n) is 2.75. The van der Waals surface area contributed by atoms with Gasteiger partial charge in [0.1, 0.15) is 0 Å². The molecule has 0 saturated carbocycles. The Bertz CT molecular complexity index is 382. The summed E-state index contributed by atoms with van der Waals surface area (Å²) in [5, 5.41) is 3.24. The first-order valence-corrected chi connectivity index (χ1v) is 8.28. The molecule has 1 rings (SSSR count). The van der Waals surface area contributed by atoms with Gasteiger partial charge >= 0.3 is 16.3 Å². The minimum Gasteiger partial charge on any atom is -0.449 e. The van der Waals surface area contributed by atoms with Crippen LogP contribution in [0.5, 0.6) is 0 Å². The Morgan fingerprint density at radius 1 is 1.35 bits per heavy atom. The van der Waals surface area contributed by atoms with E-state index in [1.165, 1.54) is 0 Å². The Morgan fingerprint density at radius 2 is 2.05 bits per heavy atom. The van der Waals surface area contributed by atoms with E-state index in [1.807, 2.05) is 0 Å². The molecule has 1 amide bonds. The Morgan fingerprint density at radius 3 is 2.70 bits per heavy atom. The number of amides is 1. The molecule has 0 atom stereocenters. The summed E-state index contributed by atoms with van der Waals surface area (Å²) in [4.78, 5) is 11.0. The van der Waals surface area contributed by atoms with E-state index in [1.54, 1.807) is 11.6 Å². The summed E-state index contributed by atoms with van der Waals surface area (Å²) >= 11 is 0. The molecule has 1 aliphatic rings. The lowest BCUT2D eigenvalue weighted by Gasteiger charge is -2.22. The maximum atomic E-state index is 11.4. The molecule has 0 aliphatic carbocycles. The van der Waals surface area contributed by atoms with Crippen LogP contribution in [0.1, 0.15) is 26.2 Å². The number of carbonyl (C=O) groups is 1. The lowest BCUT2D eigenvalue weighted by Crippen LogP contribution is -2.41. The van der Waals surface area contributed by atoms with Crippen LogP contribution in [0.25, 0.3) is 0 Å². The number of nitrogens with one attached hydrogen (secondary N) is 3. The zero-order chi connectivity index (χ0) is 14.8. The van der Waals surface area contributed by atoms with Crippen molar-refractivity contribution in [2.75, 3.05) is 32.8 Å². The van der Waals surface area contributed by atoms with Gasteiger partial charge in [-0.3, -0.25) is 0 Å². The first kappa shape index (κ1) is 17.2. The molecule has 1 fully saturated rings. The van der Waals surface area contributed by atoms with Crippen LogP contribution in [0.4, 0.5) is 4.79 Å². The van der Waals surface area contributed by atoms with Crippen LogP contribution in [0, 0.1) is 0 Å². The molecule has 1 aliphatic heterocycles. The van der Waals surface area contributed by atoms with Crippen LogP contribution in [0.2, 0.25) is 0 Å². The van der Waals surface area contributed by atoms with E-state index >= 15 is 0 Å². The van der Waals surface area contributed by atoms with Gasteiger partial charge in [-0.15, -0.1) is 0 Å². The highest BCUT2D eigenvalue weighted by Crippen LogP contribution is 2.07. The molecule has 0 unspecified atom stereocenters. The van der Waals surface area contributed by atoms with E-state index < -0.39 is 16.3 Å². The van der Waals surface area contributed by atoms with Crippen molar-refractivity contribution in [2.24, 2.45) is 0 Å².